The highest BCUT2D eigenvalue weighted by atomic mass is 16.5. The molecule has 1 aromatic carbocycles. The number of amides is 2. The first-order valence-electron chi connectivity index (χ1n) is 10.1. The second-order valence-electron chi connectivity index (χ2n) is 8.05. The second kappa shape index (κ2) is 7.62. The Labute approximate surface area is 166 Å². The molecule has 0 aromatic heterocycles. The zero-order chi connectivity index (χ0) is 19.7. The molecular formula is C21H29N3O4. The van der Waals surface area contributed by atoms with E-state index in [1.54, 1.807) is 37.3 Å². The summed E-state index contributed by atoms with van der Waals surface area (Å²) in [6.07, 6.45) is 3.26. The van der Waals surface area contributed by atoms with Gasteiger partial charge in [0.05, 0.1) is 19.8 Å². The van der Waals surface area contributed by atoms with E-state index in [1.165, 1.54) is 0 Å². The van der Waals surface area contributed by atoms with Crippen molar-refractivity contribution in [1.82, 2.24) is 15.1 Å². The highest BCUT2D eigenvalue weighted by Crippen LogP contribution is 2.59. The molecule has 0 radical (unpaired) electrons. The number of piperazine rings is 1. The Morgan fingerprint density at radius 2 is 1.71 bits per heavy atom. The molecule has 3 fully saturated rings. The molecule has 2 amide bonds. The van der Waals surface area contributed by atoms with Crippen molar-refractivity contribution in [3.63, 3.8) is 0 Å². The van der Waals surface area contributed by atoms with E-state index in [1.807, 2.05) is 4.90 Å². The minimum absolute atomic E-state index is 0.0622. The highest BCUT2D eigenvalue weighted by molar-refractivity contribution is 5.97. The van der Waals surface area contributed by atoms with Gasteiger partial charge >= 0.3 is 0 Å². The van der Waals surface area contributed by atoms with Crippen LogP contribution in [0.1, 0.15) is 29.6 Å². The molecule has 1 saturated carbocycles. The predicted molar refractivity (Wildman–Crippen MR) is 105 cm³/mol. The van der Waals surface area contributed by atoms with Crippen LogP contribution < -0.4 is 14.8 Å². The van der Waals surface area contributed by atoms with Crippen LogP contribution in [0, 0.1) is 11.3 Å². The number of hydrogen-bond donors (Lipinski definition) is 1. The van der Waals surface area contributed by atoms with Crippen LogP contribution in [0.3, 0.4) is 0 Å². The molecule has 1 aliphatic carbocycles. The fourth-order valence-corrected chi connectivity index (χ4v) is 4.67. The molecule has 7 heteroatoms. The quantitative estimate of drug-likeness (QED) is 0.845. The van der Waals surface area contributed by atoms with Crippen molar-refractivity contribution in [2.24, 2.45) is 11.3 Å². The molecule has 152 valence electrons. The molecule has 1 spiro atoms. The lowest BCUT2D eigenvalue weighted by molar-refractivity contribution is -0.135. The number of piperidine rings is 1. The van der Waals surface area contributed by atoms with E-state index in [9.17, 15) is 9.59 Å². The van der Waals surface area contributed by atoms with Gasteiger partial charge in [0.15, 0.2) is 0 Å². The third kappa shape index (κ3) is 3.43. The summed E-state index contributed by atoms with van der Waals surface area (Å²) in [5.74, 6) is 1.58. The summed E-state index contributed by atoms with van der Waals surface area (Å²) in [5, 5.41) is 3.38. The Balaban J connectivity index is 1.35. The van der Waals surface area contributed by atoms with Gasteiger partial charge in [-0.05, 0) is 49.9 Å². The lowest BCUT2D eigenvalue weighted by Gasteiger charge is -2.36. The second-order valence-corrected chi connectivity index (χ2v) is 8.05. The van der Waals surface area contributed by atoms with E-state index in [2.05, 4.69) is 5.32 Å². The average molecular weight is 387 g/mol. The smallest absolute Gasteiger partial charge is 0.257 e. The van der Waals surface area contributed by atoms with Crippen LogP contribution in [0.5, 0.6) is 11.5 Å². The van der Waals surface area contributed by atoms with E-state index in [0.29, 0.717) is 43.2 Å². The lowest BCUT2D eigenvalue weighted by atomic mass is 9.91. The SMILES string of the molecule is COc1ccc(C(=O)N2CCN(C(=O)C3CC34CCNCC4)CC2)c(OC)c1. The van der Waals surface area contributed by atoms with Gasteiger partial charge in [-0.15, -0.1) is 0 Å². The third-order valence-corrected chi connectivity index (χ3v) is 6.60. The summed E-state index contributed by atoms with van der Waals surface area (Å²) in [4.78, 5) is 29.6. The normalized spacial score (nSPS) is 23.4. The Hall–Kier alpha value is -2.28. The van der Waals surface area contributed by atoms with Gasteiger partial charge in [0.1, 0.15) is 11.5 Å². The van der Waals surface area contributed by atoms with Crippen molar-refractivity contribution < 1.29 is 19.1 Å². The number of carbonyl (C=O) groups is 2. The van der Waals surface area contributed by atoms with Crippen LogP contribution in [-0.4, -0.2) is 75.1 Å². The molecule has 3 aliphatic rings. The molecular weight excluding hydrogens is 358 g/mol. The Morgan fingerprint density at radius 3 is 2.36 bits per heavy atom. The molecule has 2 saturated heterocycles. The van der Waals surface area contributed by atoms with Gasteiger partial charge in [0.25, 0.3) is 5.91 Å². The monoisotopic (exact) mass is 387 g/mol. The maximum atomic E-state index is 12.9. The number of hydrogen-bond acceptors (Lipinski definition) is 5. The van der Waals surface area contributed by atoms with E-state index < -0.39 is 0 Å². The van der Waals surface area contributed by atoms with E-state index in [-0.39, 0.29) is 23.1 Å². The molecule has 4 rings (SSSR count). The van der Waals surface area contributed by atoms with Gasteiger partial charge in [-0.3, -0.25) is 9.59 Å². The van der Waals surface area contributed by atoms with Crippen molar-refractivity contribution in [1.29, 1.82) is 0 Å². The predicted octanol–water partition coefficient (Wildman–Crippen LogP) is 1.38. The zero-order valence-electron chi connectivity index (χ0n) is 16.7. The first-order valence-corrected chi connectivity index (χ1v) is 10.1. The number of methoxy groups -OCH3 is 2. The molecule has 1 atom stereocenters. The van der Waals surface area contributed by atoms with Gasteiger partial charge < -0.3 is 24.6 Å². The van der Waals surface area contributed by atoms with Gasteiger partial charge in [-0.25, -0.2) is 0 Å². The number of nitrogens with zero attached hydrogens (tertiary/aromatic N) is 2. The van der Waals surface area contributed by atoms with Gasteiger partial charge in [-0.2, -0.15) is 0 Å². The van der Waals surface area contributed by atoms with Gasteiger partial charge in [-0.1, -0.05) is 0 Å². The number of ether oxygens (including phenoxy) is 2. The standard InChI is InChI=1S/C21H29N3O4/c1-27-15-3-4-16(18(13-15)28-2)19(25)23-9-11-24(12-10-23)20(26)17-14-21(17)5-7-22-8-6-21/h3-4,13,17,22H,5-12,14H2,1-2H3. The molecule has 2 aliphatic heterocycles. The van der Waals surface area contributed by atoms with Crippen LogP contribution in [-0.2, 0) is 4.79 Å². The minimum atomic E-state index is -0.0622. The molecule has 0 bridgehead atoms. The largest absolute Gasteiger partial charge is 0.497 e. The number of benzene rings is 1. The first-order chi connectivity index (χ1) is 13.6. The van der Waals surface area contributed by atoms with Crippen molar-refractivity contribution >= 4 is 11.8 Å². The Kier molecular flexibility index (Phi) is 5.19. The minimum Gasteiger partial charge on any atom is -0.497 e. The maximum absolute atomic E-state index is 12.9. The first kappa shape index (κ1) is 19.1. The lowest BCUT2D eigenvalue weighted by Crippen LogP contribution is -2.51. The van der Waals surface area contributed by atoms with Crippen molar-refractivity contribution in [3.05, 3.63) is 23.8 Å². The van der Waals surface area contributed by atoms with Crippen LogP contribution in [0.15, 0.2) is 18.2 Å². The Morgan fingerprint density at radius 1 is 1.04 bits per heavy atom. The summed E-state index contributed by atoms with van der Waals surface area (Å²) in [6.45, 7) is 4.37. The van der Waals surface area contributed by atoms with Gasteiger partial charge in [0, 0.05) is 38.2 Å². The van der Waals surface area contributed by atoms with E-state index in [4.69, 9.17) is 9.47 Å². The van der Waals surface area contributed by atoms with Crippen LogP contribution in [0.2, 0.25) is 0 Å². The molecule has 2 heterocycles. The van der Waals surface area contributed by atoms with Crippen LogP contribution in [0.25, 0.3) is 0 Å². The van der Waals surface area contributed by atoms with Crippen LogP contribution in [0.4, 0.5) is 0 Å². The average Bonchev–Trinajstić information content (AvgIpc) is 3.45. The van der Waals surface area contributed by atoms with Crippen LogP contribution >= 0.6 is 0 Å². The molecule has 7 nitrogen and oxygen atoms in total. The van der Waals surface area contributed by atoms with E-state index >= 15 is 0 Å². The van der Waals surface area contributed by atoms with Crippen molar-refractivity contribution in [3.8, 4) is 11.5 Å². The molecule has 1 aromatic rings. The summed E-state index contributed by atoms with van der Waals surface area (Å²) >= 11 is 0. The summed E-state index contributed by atoms with van der Waals surface area (Å²) in [6, 6.07) is 5.22. The summed E-state index contributed by atoms with van der Waals surface area (Å²) in [7, 11) is 3.13. The molecule has 1 unspecified atom stereocenters. The number of nitrogens with one attached hydrogen (secondary N) is 1. The number of carbonyl (C=O) groups excluding carboxylic acids is 2. The Bertz CT molecular complexity index is 752. The van der Waals surface area contributed by atoms with E-state index in [0.717, 1.165) is 32.4 Å². The number of rotatable bonds is 4. The zero-order valence-corrected chi connectivity index (χ0v) is 16.7. The van der Waals surface area contributed by atoms with Gasteiger partial charge in [0.2, 0.25) is 5.91 Å². The third-order valence-electron chi connectivity index (χ3n) is 6.60. The topological polar surface area (TPSA) is 71.1 Å². The van der Waals surface area contributed by atoms with Crippen molar-refractivity contribution in [2.75, 3.05) is 53.5 Å². The molecule has 1 N–H and O–H groups in total. The fourth-order valence-electron chi connectivity index (χ4n) is 4.67. The maximum Gasteiger partial charge on any atom is 0.257 e. The highest BCUT2D eigenvalue weighted by Gasteiger charge is 2.58. The molecule has 28 heavy (non-hydrogen) atoms. The fraction of sp³-hybridized carbons (Fsp3) is 0.619. The van der Waals surface area contributed by atoms with Crippen molar-refractivity contribution in [2.45, 2.75) is 19.3 Å². The summed E-state index contributed by atoms with van der Waals surface area (Å²) in [5.41, 5.74) is 0.782. The summed E-state index contributed by atoms with van der Waals surface area (Å²) < 4.78 is 10.6.